The summed E-state index contributed by atoms with van der Waals surface area (Å²) in [5, 5.41) is 0. The third-order valence-corrected chi connectivity index (χ3v) is 4.12. The van der Waals surface area contributed by atoms with Crippen LogP contribution in [-0.4, -0.2) is 13.2 Å². The molecule has 2 N–H and O–H groups in total. The SMILES string of the molecule is CCc1ccc(OCC2CCC(CN)CC2)cc1. The van der Waals surface area contributed by atoms with E-state index in [1.54, 1.807) is 0 Å². The first-order valence-electron chi connectivity index (χ1n) is 7.23. The van der Waals surface area contributed by atoms with Crippen LogP contribution in [0, 0.1) is 11.8 Å². The summed E-state index contributed by atoms with van der Waals surface area (Å²) in [6.07, 6.45) is 6.19. The van der Waals surface area contributed by atoms with E-state index >= 15 is 0 Å². The number of hydrogen-bond acceptors (Lipinski definition) is 2. The summed E-state index contributed by atoms with van der Waals surface area (Å²) in [5.74, 6) is 2.48. The van der Waals surface area contributed by atoms with E-state index in [2.05, 4.69) is 31.2 Å². The maximum atomic E-state index is 5.88. The van der Waals surface area contributed by atoms with Gasteiger partial charge in [-0.1, -0.05) is 19.1 Å². The Labute approximate surface area is 111 Å². The third-order valence-electron chi connectivity index (χ3n) is 4.12. The molecule has 18 heavy (non-hydrogen) atoms. The molecule has 0 amide bonds. The lowest BCUT2D eigenvalue weighted by molar-refractivity contribution is 0.185. The predicted molar refractivity (Wildman–Crippen MR) is 75.8 cm³/mol. The van der Waals surface area contributed by atoms with Crippen molar-refractivity contribution in [3.63, 3.8) is 0 Å². The molecule has 1 aliphatic rings. The monoisotopic (exact) mass is 247 g/mol. The molecule has 0 aliphatic heterocycles. The molecular weight excluding hydrogens is 222 g/mol. The van der Waals surface area contributed by atoms with Crippen molar-refractivity contribution in [2.75, 3.05) is 13.2 Å². The summed E-state index contributed by atoms with van der Waals surface area (Å²) in [6.45, 7) is 3.89. The van der Waals surface area contributed by atoms with Gasteiger partial charge in [-0.3, -0.25) is 0 Å². The first-order chi connectivity index (χ1) is 8.81. The number of benzene rings is 1. The summed E-state index contributed by atoms with van der Waals surface area (Å²) in [4.78, 5) is 0. The summed E-state index contributed by atoms with van der Waals surface area (Å²) >= 11 is 0. The van der Waals surface area contributed by atoms with Gasteiger partial charge in [0.1, 0.15) is 5.75 Å². The summed E-state index contributed by atoms with van der Waals surface area (Å²) in [5.41, 5.74) is 7.08. The van der Waals surface area contributed by atoms with Crippen LogP contribution in [0.4, 0.5) is 0 Å². The van der Waals surface area contributed by atoms with Crippen LogP contribution in [0.25, 0.3) is 0 Å². The second kappa shape index (κ2) is 6.79. The van der Waals surface area contributed by atoms with Crippen LogP contribution in [0.1, 0.15) is 38.2 Å². The van der Waals surface area contributed by atoms with Gasteiger partial charge >= 0.3 is 0 Å². The molecule has 0 saturated heterocycles. The van der Waals surface area contributed by atoms with Crippen molar-refractivity contribution >= 4 is 0 Å². The van der Waals surface area contributed by atoms with Crippen molar-refractivity contribution in [1.29, 1.82) is 0 Å². The molecule has 0 unspecified atom stereocenters. The predicted octanol–water partition coefficient (Wildman–Crippen LogP) is 3.39. The standard InChI is InChI=1S/C16H25NO/c1-2-13-7-9-16(10-8-13)18-12-15-5-3-14(11-17)4-6-15/h7-10,14-15H,2-6,11-12,17H2,1H3. The molecule has 0 aromatic heterocycles. The van der Waals surface area contributed by atoms with E-state index in [1.165, 1.54) is 31.2 Å². The number of ether oxygens (including phenoxy) is 1. The Kier molecular flexibility index (Phi) is 5.06. The zero-order chi connectivity index (χ0) is 12.8. The van der Waals surface area contributed by atoms with E-state index in [-0.39, 0.29) is 0 Å². The van der Waals surface area contributed by atoms with Crippen molar-refractivity contribution in [1.82, 2.24) is 0 Å². The van der Waals surface area contributed by atoms with Gasteiger partial charge in [-0.25, -0.2) is 0 Å². The Morgan fingerprint density at radius 2 is 1.67 bits per heavy atom. The molecule has 1 fully saturated rings. The van der Waals surface area contributed by atoms with Crippen LogP contribution in [0.2, 0.25) is 0 Å². The molecular formula is C16H25NO. The minimum Gasteiger partial charge on any atom is -0.493 e. The van der Waals surface area contributed by atoms with E-state index in [9.17, 15) is 0 Å². The second-order valence-electron chi connectivity index (χ2n) is 5.43. The van der Waals surface area contributed by atoms with Gasteiger partial charge in [0.2, 0.25) is 0 Å². The minimum atomic E-state index is 0.721. The van der Waals surface area contributed by atoms with Crippen LogP contribution >= 0.6 is 0 Å². The van der Waals surface area contributed by atoms with E-state index in [0.29, 0.717) is 0 Å². The van der Waals surface area contributed by atoms with Gasteiger partial charge in [0, 0.05) is 0 Å². The smallest absolute Gasteiger partial charge is 0.119 e. The van der Waals surface area contributed by atoms with Gasteiger partial charge in [0.15, 0.2) is 0 Å². The minimum absolute atomic E-state index is 0.721. The Morgan fingerprint density at radius 1 is 1.06 bits per heavy atom. The molecule has 0 radical (unpaired) electrons. The maximum absolute atomic E-state index is 5.88. The molecule has 2 heteroatoms. The van der Waals surface area contributed by atoms with Crippen LogP contribution in [0.5, 0.6) is 5.75 Å². The lowest BCUT2D eigenvalue weighted by Gasteiger charge is -2.27. The van der Waals surface area contributed by atoms with Crippen LogP contribution in [0.15, 0.2) is 24.3 Å². The van der Waals surface area contributed by atoms with Gasteiger partial charge in [-0.2, -0.15) is 0 Å². The molecule has 0 atom stereocenters. The van der Waals surface area contributed by atoms with Crippen LogP contribution in [-0.2, 0) is 6.42 Å². The van der Waals surface area contributed by atoms with E-state index < -0.39 is 0 Å². The van der Waals surface area contributed by atoms with Gasteiger partial charge in [0.25, 0.3) is 0 Å². The van der Waals surface area contributed by atoms with Crippen molar-refractivity contribution in [3.8, 4) is 5.75 Å². The van der Waals surface area contributed by atoms with E-state index in [0.717, 1.165) is 37.2 Å². The fourth-order valence-corrected chi connectivity index (χ4v) is 2.67. The fourth-order valence-electron chi connectivity index (χ4n) is 2.67. The van der Waals surface area contributed by atoms with E-state index in [1.807, 2.05) is 0 Å². The molecule has 0 heterocycles. The molecule has 1 aliphatic carbocycles. The third kappa shape index (κ3) is 3.74. The lowest BCUT2D eigenvalue weighted by atomic mass is 9.82. The normalized spacial score (nSPS) is 23.9. The van der Waals surface area contributed by atoms with E-state index in [4.69, 9.17) is 10.5 Å². The van der Waals surface area contributed by atoms with Crippen molar-refractivity contribution < 1.29 is 4.74 Å². The quantitative estimate of drug-likeness (QED) is 0.865. The van der Waals surface area contributed by atoms with Gasteiger partial charge in [0.05, 0.1) is 6.61 Å². The Bertz CT molecular complexity index is 339. The highest BCUT2D eigenvalue weighted by Crippen LogP contribution is 2.28. The molecule has 100 valence electrons. The second-order valence-corrected chi connectivity index (χ2v) is 5.43. The lowest BCUT2D eigenvalue weighted by Crippen LogP contribution is -2.24. The average molecular weight is 247 g/mol. The first-order valence-corrected chi connectivity index (χ1v) is 7.23. The van der Waals surface area contributed by atoms with Crippen molar-refractivity contribution in [2.24, 2.45) is 17.6 Å². The summed E-state index contributed by atoms with van der Waals surface area (Å²) < 4.78 is 5.88. The number of aryl methyl sites for hydroxylation is 1. The zero-order valence-electron chi connectivity index (χ0n) is 11.4. The van der Waals surface area contributed by atoms with Crippen LogP contribution < -0.4 is 10.5 Å². The largest absolute Gasteiger partial charge is 0.493 e. The molecule has 0 spiro atoms. The number of rotatable bonds is 5. The molecule has 1 aromatic carbocycles. The van der Waals surface area contributed by atoms with Gasteiger partial charge in [-0.05, 0) is 68.2 Å². The Balaban J connectivity index is 1.74. The molecule has 1 saturated carbocycles. The van der Waals surface area contributed by atoms with Crippen molar-refractivity contribution in [3.05, 3.63) is 29.8 Å². The fraction of sp³-hybridized carbons (Fsp3) is 0.625. The number of nitrogens with two attached hydrogens (primary N) is 1. The molecule has 0 bridgehead atoms. The van der Waals surface area contributed by atoms with Gasteiger partial charge in [-0.15, -0.1) is 0 Å². The Morgan fingerprint density at radius 3 is 2.22 bits per heavy atom. The average Bonchev–Trinajstić information content (AvgIpc) is 2.46. The summed E-state index contributed by atoms with van der Waals surface area (Å²) in [6, 6.07) is 8.48. The summed E-state index contributed by atoms with van der Waals surface area (Å²) in [7, 11) is 0. The maximum Gasteiger partial charge on any atom is 0.119 e. The topological polar surface area (TPSA) is 35.2 Å². The molecule has 2 nitrogen and oxygen atoms in total. The highest BCUT2D eigenvalue weighted by atomic mass is 16.5. The molecule has 2 rings (SSSR count). The van der Waals surface area contributed by atoms with Crippen LogP contribution in [0.3, 0.4) is 0 Å². The first kappa shape index (κ1) is 13.4. The Hall–Kier alpha value is -1.02. The number of hydrogen-bond donors (Lipinski definition) is 1. The van der Waals surface area contributed by atoms with Crippen molar-refractivity contribution in [2.45, 2.75) is 39.0 Å². The molecule has 1 aromatic rings. The van der Waals surface area contributed by atoms with Gasteiger partial charge < -0.3 is 10.5 Å². The zero-order valence-corrected chi connectivity index (χ0v) is 11.4. The highest BCUT2D eigenvalue weighted by Gasteiger charge is 2.20. The highest BCUT2D eigenvalue weighted by molar-refractivity contribution is 5.27.